The first-order valence-electron chi connectivity index (χ1n) is 9.15. The van der Waals surface area contributed by atoms with Gasteiger partial charge in [0.2, 0.25) is 0 Å². The van der Waals surface area contributed by atoms with Crippen molar-refractivity contribution in [2.24, 2.45) is 0 Å². The number of anilines is 1. The van der Waals surface area contributed by atoms with Crippen LogP contribution in [0, 0.1) is 0 Å². The number of aromatic nitrogens is 1. The van der Waals surface area contributed by atoms with Gasteiger partial charge in [-0.15, -0.1) is 0 Å². The Morgan fingerprint density at radius 1 is 0.800 bits per heavy atom. The Balaban J connectivity index is 0. The number of rotatable bonds is 3. The fourth-order valence-electron chi connectivity index (χ4n) is 2.05. The van der Waals surface area contributed by atoms with Crippen LogP contribution in [0.5, 0.6) is 5.75 Å². The first-order valence-corrected chi connectivity index (χ1v) is 9.15. The lowest BCUT2D eigenvalue weighted by atomic mass is 9.95. The molecule has 0 saturated carbocycles. The lowest BCUT2D eigenvalue weighted by Gasteiger charge is -2.11. The molecule has 3 heteroatoms. The van der Waals surface area contributed by atoms with Crippen LogP contribution in [0.1, 0.15) is 66.5 Å². The summed E-state index contributed by atoms with van der Waals surface area (Å²) in [5, 5.41) is 0. The van der Waals surface area contributed by atoms with Crippen molar-refractivity contribution in [3.8, 4) is 5.75 Å². The first-order chi connectivity index (χ1) is 12.1. The highest BCUT2D eigenvalue weighted by molar-refractivity contribution is 5.81. The molecule has 2 N–H and O–H groups in total. The van der Waals surface area contributed by atoms with Gasteiger partial charge in [0.15, 0.2) is 0 Å². The summed E-state index contributed by atoms with van der Waals surface area (Å²) in [6.45, 7) is 16.2. The summed E-state index contributed by atoms with van der Waals surface area (Å²) < 4.78 is 5.19. The van der Waals surface area contributed by atoms with E-state index in [0.29, 0.717) is 5.82 Å². The molecule has 0 spiro atoms. The molecule has 140 valence electrons. The summed E-state index contributed by atoms with van der Waals surface area (Å²) in [5.74, 6) is 1.39. The van der Waals surface area contributed by atoms with E-state index in [0.717, 1.165) is 16.9 Å². The maximum absolute atomic E-state index is 5.64. The molecule has 3 nitrogen and oxygen atoms in total. The minimum atomic E-state index is 0.534. The van der Waals surface area contributed by atoms with Gasteiger partial charge in [-0.25, -0.2) is 4.98 Å². The number of allylic oxidation sites excluding steroid dienone is 1. The molecule has 1 heterocycles. The molecule has 0 aliphatic heterocycles. The van der Waals surface area contributed by atoms with Gasteiger partial charge in [-0.3, -0.25) is 0 Å². The molecule has 0 aliphatic rings. The van der Waals surface area contributed by atoms with Crippen molar-refractivity contribution < 1.29 is 4.74 Å². The molecule has 1 aromatic carbocycles. The second-order valence-electron chi connectivity index (χ2n) is 4.58. The monoisotopic (exact) mass is 344 g/mol. The molecule has 0 radical (unpaired) electrons. The molecular formula is C22H36N2O. The fourth-order valence-corrected chi connectivity index (χ4v) is 2.05. The normalized spacial score (nSPS) is 8.36. The van der Waals surface area contributed by atoms with Gasteiger partial charge < -0.3 is 10.5 Å². The van der Waals surface area contributed by atoms with Crippen molar-refractivity contribution in [3.63, 3.8) is 0 Å². The van der Waals surface area contributed by atoms with Crippen molar-refractivity contribution in [1.29, 1.82) is 0 Å². The van der Waals surface area contributed by atoms with Crippen molar-refractivity contribution in [1.82, 2.24) is 4.98 Å². The molecule has 25 heavy (non-hydrogen) atoms. The van der Waals surface area contributed by atoms with Crippen molar-refractivity contribution in [2.75, 3.05) is 12.8 Å². The van der Waals surface area contributed by atoms with E-state index in [4.69, 9.17) is 10.5 Å². The summed E-state index contributed by atoms with van der Waals surface area (Å²) in [7, 11) is 1.67. The number of methoxy groups -OCH3 is 1. The number of benzene rings is 1. The minimum Gasteiger partial charge on any atom is -0.497 e. The van der Waals surface area contributed by atoms with Crippen molar-refractivity contribution in [2.45, 2.75) is 55.4 Å². The number of hydrogen-bond donors (Lipinski definition) is 1. The van der Waals surface area contributed by atoms with Crippen LogP contribution in [0.3, 0.4) is 0 Å². The second-order valence-corrected chi connectivity index (χ2v) is 4.58. The van der Waals surface area contributed by atoms with E-state index in [1.54, 1.807) is 7.11 Å². The molecule has 0 saturated heterocycles. The minimum absolute atomic E-state index is 0.534. The van der Waals surface area contributed by atoms with Crippen LogP contribution in [0.2, 0.25) is 0 Å². The molecule has 1 aromatic heterocycles. The summed E-state index contributed by atoms with van der Waals surface area (Å²) in [6.07, 6.45) is 1.81. The number of nitrogens with two attached hydrogens (primary N) is 1. The summed E-state index contributed by atoms with van der Waals surface area (Å²) in [6, 6.07) is 11.8. The number of ether oxygens (including phenoxy) is 1. The predicted octanol–water partition coefficient (Wildman–Crippen LogP) is 6.59. The Labute approximate surface area is 155 Å². The molecule has 2 aromatic rings. The molecule has 2 rings (SSSR count). The molecule has 0 aliphatic carbocycles. The Bertz CT molecular complexity index is 580. The Kier molecular flexibility index (Phi) is 15.2. The van der Waals surface area contributed by atoms with E-state index in [1.165, 1.54) is 11.1 Å². The lowest BCUT2D eigenvalue weighted by Crippen LogP contribution is -1.95. The van der Waals surface area contributed by atoms with Crippen LogP contribution in [0.4, 0.5) is 5.82 Å². The van der Waals surface area contributed by atoms with Crippen LogP contribution in [0.15, 0.2) is 48.2 Å². The van der Waals surface area contributed by atoms with Gasteiger partial charge in [0.1, 0.15) is 11.6 Å². The summed E-state index contributed by atoms with van der Waals surface area (Å²) in [5.41, 5.74) is 10.3. The van der Waals surface area contributed by atoms with Gasteiger partial charge in [-0.1, -0.05) is 59.2 Å². The standard InChI is InChI=1S/C16H18N2O.3C2H6/c1-11(2)16(13-6-9-15(17)18-10-13)12-4-7-14(19-3)8-5-12;3*1-2/h4-10H,1-3H3,(H2,17,18);3*1-2H3. The van der Waals surface area contributed by atoms with E-state index in [-0.39, 0.29) is 0 Å². The highest BCUT2D eigenvalue weighted by atomic mass is 16.5. The molecule has 0 fully saturated rings. The third-order valence-electron chi connectivity index (χ3n) is 2.95. The first kappa shape index (κ1) is 25.0. The zero-order valence-electron chi connectivity index (χ0n) is 17.5. The van der Waals surface area contributed by atoms with Gasteiger partial charge in [0.05, 0.1) is 7.11 Å². The van der Waals surface area contributed by atoms with E-state index < -0.39 is 0 Å². The molecule has 0 unspecified atom stereocenters. The van der Waals surface area contributed by atoms with Crippen LogP contribution in [-0.2, 0) is 0 Å². The van der Waals surface area contributed by atoms with Gasteiger partial charge in [0, 0.05) is 11.8 Å². The number of nitrogen functional groups attached to an aromatic ring is 1. The second kappa shape index (κ2) is 15.3. The molecule has 0 atom stereocenters. The van der Waals surface area contributed by atoms with Crippen LogP contribution in [-0.4, -0.2) is 12.1 Å². The Hall–Kier alpha value is -2.29. The van der Waals surface area contributed by atoms with Crippen LogP contribution < -0.4 is 10.5 Å². The Morgan fingerprint density at radius 2 is 1.28 bits per heavy atom. The van der Waals surface area contributed by atoms with Gasteiger partial charge in [-0.05, 0) is 49.2 Å². The predicted molar refractivity (Wildman–Crippen MR) is 113 cm³/mol. The summed E-state index contributed by atoms with van der Waals surface area (Å²) >= 11 is 0. The largest absolute Gasteiger partial charge is 0.497 e. The molecule has 0 amide bonds. The zero-order chi connectivity index (χ0) is 19.8. The quantitative estimate of drug-likeness (QED) is 0.683. The van der Waals surface area contributed by atoms with Crippen molar-refractivity contribution in [3.05, 3.63) is 59.3 Å². The maximum atomic E-state index is 5.64. The topological polar surface area (TPSA) is 48.1 Å². The fraction of sp³-hybridized carbons (Fsp3) is 0.409. The SMILES string of the molecule is CC.CC.CC.COc1ccc(C(=C(C)C)c2ccc(N)nc2)cc1. The van der Waals surface area contributed by atoms with Gasteiger partial charge in [0.25, 0.3) is 0 Å². The lowest BCUT2D eigenvalue weighted by molar-refractivity contribution is 0.415. The third kappa shape index (κ3) is 8.39. The maximum Gasteiger partial charge on any atom is 0.123 e. The average molecular weight is 345 g/mol. The highest BCUT2D eigenvalue weighted by Crippen LogP contribution is 2.28. The van der Waals surface area contributed by atoms with E-state index in [2.05, 4.69) is 31.0 Å². The van der Waals surface area contributed by atoms with Gasteiger partial charge in [-0.2, -0.15) is 0 Å². The van der Waals surface area contributed by atoms with E-state index in [9.17, 15) is 0 Å². The highest BCUT2D eigenvalue weighted by Gasteiger charge is 2.07. The van der Waals surface area contributed by atoms with E-state index in [1.807, 2.05) is 72.0 Å². The van der Waals surface area contributed by atoms with Gasteiger partial charge >= 0.3 is 0 Å². The average Bonchev–Trinajstić information content (AvgIpc) is 2.68. The van der Waals surface area contributed by atoms with Crippen molar-refractivity contribution >= 4 is 11.4 Å². The Morgan fingerprint density at radius 3 is 1.64 bits per heavy atom. The smallest absolute Gasteiger partial charge is 0.123 e. The number of pyridine rings is 1. The summed E-state index contributed by atoms with van der Waals surface area (Å²) in [4.78, 5) is 4.16. The van der Waals surface area contributed by atoms with Crippen LogP contribution >= 0.6 is 0 Å². The van der Waals surface area contributed by atoms with Crippen LogP contribution in [0.25, 0.3) is 5.57 Å². The number of nitrogens with zero attached hydrogens (tertiary/aromatic N) is 1. The van der Waals surface area contributed by atoms with E-state index >= 15 is 0 Å². The zero-order valence-corrected chi connectivity index (χ0v) is 17.5. The molecule has 0 bridgehead atoms. The molecular weight excluding hydrogens is 308 g/mol. The third-order valence-corrected chi connectivity index (χ3v) is 2.95. The number of hydrogen-bond acceptors (Lipinski definition) is 3.